The molecule has 0 unspecified atom stereocenters. The molecule has 0 aliphatic rings. The highest BCUT2D eigenvalue weighted by molar-refractivity contribution is 14.0. The molecule has 0 saturated heterocycles. The molecule has 0 aliphatic heterocycles. The highest BCUT2D eigenvalue weighted by atomic mass is 127. The second-order valence-electron chi connectivity index (χ2n) is 6.29. The zero-order chi connectivity index (χ0) is 20.7. The Kier molecular flexibility index (Phi) is 10.3. The van der Waals surface area contributed by atoms with Crippen LogP contribution in [-0.2, 0) is 28.6 Å². The summed E-state index contributed by atoms with van der Waals surface area (Å²) in [6.45, 7) is 0.558. The van der Waals surface area contributed by atoms with Crippen LogP contribution in [-0.4, -0.2) is 34.2 Å². The Morgan fingerprint density at radius 2 is 1.86 bits per heavy atom. The van der Waals surface area contributed by atoms with Crippen molar-refractivity contribution in [2.45, 2.75) is 18.7 Å². The van der Waals surface area contributed by atoms with Crippen molar-refractivity contribution in [3.8, 4) is 0 Å². The summed E-state index contributed by atoms with van der Waals surface area (Å²) in [7, 11) is -1.69. The maximum Gasteiger partial charge on any atom is 0.191 e. The Hall–Kier alpha value is -1.46. The van der Waals surface area contributed by atoms with Gasteiger partial charge in [0.2, 0.25) is 0 Å². The third-order valence-corrected chi connectivity index (χ3v) is 5.17. The van der Waals surface area contributed by atoms with E-state index in [9.17, 15) is 17.2 Å². The molecule has 2 rings (SSSR count). The van der Waals surface area contributed by atoms with Crippen molar-refractivity contribution in [2.75, 3.05) is 19.8 Å². The molecule has 160 valence electrons. The first kappa shape index (κ1) is 25.6. The standard InChI is InChI=1S/C19H22ClF2N3O2S.HI/c1-23-19(24-9-8-16-17(20)4-3-5-18(16)22)25-11-14-10-15(21)7-6-13(14)12-28(2,26)27;/h3-7,10H,8-9,11-12H2,1-2H3,(H2,23,24,25);1H. The Morgan fingerprint density at radius 1 is 1.14 bits per heavy atom. The van der Waals surface area contributed by atoms with Gasteiger partial charge in [-0.15, -0.1) is 24.0 Å². The quantitative estimate of drug-likeness (QED) is 0.310. The predicted molar refractivity (Wildman–Crippen MR) is 124 cm³/mol. The molecule has 5 nitrogen and oxygen atoms in total. The molecule has 2 aromatic rings. The van der Waals surface area contributed by atoms with E-state index in [0.29, 0.717) is 40.6 Å². The van der Waals surface area contributed by atoms with Crippen LogP contribution in [0.15, 0.2) is 41.4 Å². The van der Waals surface area contributed by atoms with E-state index in [-0.39, 0.29) is 42.1 Å². The van der Waals surface area contributed by atoms with Crippen molar-refractivity contribution in [3.05, 3.63) is 69.7 Å². The molecule has 0 spiro atoms. The SMILES string of the molecule is CN=C(NCCc1c(F)cccc1Cl)NCc1cc(F)ccc1CS(C)(=O)=O.I. The van der Waals surface area contributed by atoms with E-state index in [1.165, 1.54) is 24.3 Å². The number of halogens is 4. The van der Waals surface area contributed by atoms with Crippen molar-refractivity contribution in [3.63, 3.8) is 0 Å². The zero-order valence-electron chi connectivity index (χ0n) is 16.0. The first-order chi connectivity index (χ1) is 13.2. The second-order valence-corrected chi connectivity index (χ2v) is 8.83. The maximum atomic E-state index is 13.8. The van der Waals surface area contributed by atoms with Gasteiger partial charge in [0, 0.05) is 37.0 Å². The first-order valence-electron chi connectivity index (χ1n) is 8.52. The van der Waals surface area contributed by atoms with Gasteiger partial charge in [-0.05, 0) is 41.8 Å². The molecule has 0 atom stereocenters. The molecule has 0 amide bonds. The number of aliphatic imine (C=N–C) groups is 1. The molecule has 0 aromatic heterocycles. The topological polar surface area (TPSA) is 70.6 Å². The summed E-state index contributed by atoms with van der Waals surface area (Å²) >= 11 is 6.01. The van der Waals surface area contributed by atoms with E-state index >= 15 is 0 Å². The average molecular weight is 558 g/mol. The van der Waals surface area contributed by atoms with Gasteiger partial charge in [0.1, 0.15) is 11.6 Å². The average Bonchev–Trinajstić information content (AvgIpc) is 2.61. The van der Waals surface area contributed by atoms with Crippen LogP contribution in [0.3, 0.4) is 0 Å². The molecular weight excluding hydrogens is 535 g/mol. The summed E-state index contributed by atoms with van der Waals surface area (Å²) in [5, 5.41) is 6.39. The largest absolute Gasteiger partial charge is 0.356 e. The van der Waals surface area contributed by atoms with Gasteiger partial charge in [0.15, 0.2) is 15.8 Å². The number of nitrogens with one attached hydrogen (secondary N) is 2. The van der Waals surface area contributed by atoms with E-state index in [1.807, 2.05) is 0 Å². The van der Waals surface area contributed by atoms with Gasteiger partial charge in [0.25, 0.3) is 0 Å². The molecule has 0 heterocycles. The fourth-order valence-electron chi connectivity index (χ4n) is 2.66. The van der Waals surface area contributed by atoms with E-state index < -0.39 is 15.7 Å². The highest BCUT2D eigenvalue weighted by Crippen LogP contribution is 2.19. The van der Waals surface area contributed by atoms with E-state index in [2.05, 4.69) is 15.6 Å². The minimum absolute atomic E-state index is 0. The van der Waals surface area contributed by atoms with Crippen molar-refractivity contribution in [1.82, 2.24) is 10.6 Å². The van der Waals surface area contributed by atoms with Gasteiger partial charge >= 0.3 is 0 Å². The minimum Gasteiger partial charge on any atom is -0.356 e. The van der Waals surface area contributed by atoms with Crippen LogP contribution >= 0.6 is 35.6 Å². The van der Waals surface area contributed by atoms with E-state index in [1.54, 1.807) is 19.2 Å². The molecule has 2 N–H and O–H groups in total. The Morgan fingerprint density at radius 3 is 2.48 bits per heavy atom. The molecule has 0 saturated carbocycles. The van der Waals surface area contributed by atoms with Crippen molar-refractivity contribution < 1.29 is 17.2 Å². The lowest BCUT2D eigenvalue weighted by molar-refractivity contribution is 0.599. The Labute approximate surface area is 191 Å². The van der Waals surface area contributed by atoms with Gasteiger partial charge in [-0.3, -0.25) is 4.99 Å². The van der Waals surface area contributed by atoms with E-state index in [0.717, 1.165) is 6.26 Å². The summed E-state index contributed by atoms with van der Waals surface area (Å²) in [6.07, 6.45) is 1.48. The molecular formula is C19H23ClF2IN3O2S. The van der Waals surface area contributed by atoms with E-state index in [4.69, 9.17) is 11.6 Å². The highest BCUT2D eigenvalue weighted by Gasteiger charge is 2.11. The summed E-state index contributed by atoms with van der Waals surface area (Å²) in [6, 6.07) is 8.50. The molecule has 29 heavy (non-hydrogen) atoms. The van der Waals surface area contributed by atoms with Gasteiger partial charge in [0.05, 0.1) is 5.75 Å². The van der Waals surface area contributed by atoms with Crippen LogP contribution in [0.1, 0.15) is 16.7 Å². The smallest absolute Gasteiger partial charge is 0.191 e. The summed E-state index contributed by atoms with van der Waals surface area (Å²) in [4.78, 5) is 4.06. The monoisotopic (exact) mass is 557 g/mol. The lowest BCUT2D eigenvalue weighted by Crippen LogP contribution is -2.38. The maximum absolute atomic E-state index is 13.8. The number of nitrogens with zero attached hydrogens (tertiary/aromatic N) is 1. The number of hydrogen-bond donors (Lipinski definition) is 2. The van der Waals surface area contributed by atoms with Crippen LogP contribution in [0.5, 0.6) is 0 Å². The molecule has 0 radical (unpaired) electrons. The lowest BCUT2D eigenvalue weighted by Gasteiger charge is -2.15. The molecule has 0 fully saturated rings. The summed E-state index contributed by atoms with van der Waals surface area (Å²) in [5.41, 5.74) is 1.45. The van der Waals surface area contributed by atoms with Gasteiger partial charge in [-0.1, -0.05) is 23.7 Å². The van der Waals surface area contributed by atoms with Crippen LogP contribution in [0.4, 0.5) is 8.78 Å². The first-order valence-corrected chi connectivity index (χ1v) is 11.0. The zero-order valence-corrected chi connectivity index (χ0v) is 19.9. The normalized spacial score (nSPS) is 11.7. The lowest BCUT2D eigenvalue weighted by atomic mass is 10.1. The second kappa shape index (κ2) is 11.7. The van der Waals surface area contributed by atoms with Gasteiger partial charge < -0.3 is 10.6 Å². The third kappa shape index (κ3) is 8.43. The number of guanidine groups is 1. The van der Waals surface area contributed by atoms with Crippen molar-refractivity contribution in [2.24, 2.45) is 4.99 Å². The number of hydrogen-bond acceptors (Lipinski definition) is 3. The van der Waals surface area contributed by atoms with Crippen LogP contribution in [0, 0.1) is 11.6 Å². The summed E-state index contributed by atoms with van der Waals surface area (Å²) in [5.74, 6) is -0.585. The predicted octanol–water partition coefficient (Wildman–Crippen LogP) is 3.69. The fourth-order valence-corrected chi connectivity index (χ4v) is 3.76. The molecule has 2 aromatic carbocycles. The molecule has 0 bridgehead atoms. The Bertz CT molecular complexity index is 952. The van der Waals surface area contributed by atoms with Gasteiger partial charge in [-0.2, -0.15) is 0 Å². The fraction of sp³-hybridized carbons (Fsp3) is 0.316. The number of rotatable bonds is 7. The Balaban J connectivity index is 0.00000420. The van der Waals surface area contributed by atoms with Crippen molar-refractivity contribution >= 4 is 51.4 Å². The third-order valence-electron chi connectivity index (χ3n) is 3.99. The minimum atomic E-state index is -3.25. The van der Waals surface area contributed by atoms with Crippen LogP contribution in [0.2, 0.25) is 5.02 Å². The molecule has 0 aliphatic carbocycles. The van der Waals surface area contributed by atoms with Gasteiger partial charge in [-0.25, -0.2) is 17.2 Å². The van der Waals surface area contributed by atoms with Crippen LogP contribution in [0.25, 0.3) is 0 Å². The summed E-state index contributed by atoms with van der Waals surface area (Å²) < 4.78 is 50.5. The molecule has 10 heteroatoms. The van der Waals surface area contributed by atoms with Crippen molar-refractivity contribution in [1.29, 1.82) is 0 Å². The number of sulfone groups is 1. The van der Waals surface area contributed by atoms with Crippen LogP contribution < -0.4 is 10.6 Å². The number of benzene rings is 2.